The minimum absolute atomic E-state index is 0. The normalized spacial score (nSPS) is 12.1. The van der Waals surface area contributed by atoms with E-state index in [2.05, 4.69) is 20.9 Å². The van der Waals surface area contributed by atoms with Crippen molar-refractivity contribution in [3.63, 3.8) is 0 Å². The largest absolute Gasteiger partial charge is 0.493 e. The van der Waals surface area contributed by atoms with Crippen molar-refractivity contribution in [2.24, 2.45) is 4.99 Å². The molecule has 0 bridgehead atoms. The molecule has 0 radical (unpaired) electrons. The van der Waals surface area contributed by atoms with Gasteiger partial charge in [-0.2, -0.15) is 0 Å². The highest BCUT2D eigenvalue weighted by atomic mass is 127. The number of benzene rings is 2. The lowest BCUT2D eigenvalue weighted by atomic mass is 10.1. The SMILES string of the molecule is CN=C(NCc1ccc(OC)c(OC)c1)NCC(NC(=O)OC(C)(C)C)c1ccccc1.I. The molecule has 0 aliphatic carbocycles. The van der Waals surface area contributed by atoms with E-state index in [0.29, 0.717) is 30.5 Å². The second-order valence-corrected chi connectivity index (χ2v) is 8.11. The van der Waals surface area contributed by atoms with Crippen molar-refractivity contribution in [2.45, 2.75) is 39.0 Å². The molecule has 0 aliphatic rings. The van der Waals surface area contributed by atoms with Gasteiger partial charge in [0.15, 0.2) is 17.5 Å². The van der Waals surface area contributed by atoms with Crippen LogP contribution in [0, 0.1) is 0 Å². The number of nitrogens with zero attached hydrogens (tertiary/aromatic N) is 1. The van der Waals surface area contributed by atoms with E-state index < -0.39 is 11.7 Å². The molecule has 0 saturated heterocycles. The first-order valence-corrected chi connectivity index (χ1v) is 10.5. The summed E-state index contributed by atoms with van der Waals surface area (Å²) >= 11 is 0. The Kier molecular flexibility index (Phi) is 11.8. The maximum absolute atomic E-state index is 12.4. The van der Waals surface area contributed by atoms with Crippen LogP contribution >= 0.6 is 24.0 Å². The summed E-state index contributed by atoms with van der Waals surface area (Å²) in [6.45, 7) is 6.47. The number of carbonyl (C=O) groups excluding carboxylic acids is 1. The maximum atomic E-state index is 12.4. The number of aliphatic imine (C=N–C) groups is 1. The van der Waals surface area contributed by atoms with Crippen LogP contribution < -0.4 is 25.4 Å². The number of hydrogen-bond acceptors (Lipinski definition) is 5. The average molecular weight is 570 g/mol. The Morgan fingerprint density at radius 3 is 2.24 bits per heavy atom. The van der Waals surface area contributed by atoms with Gasteiger partial charge in [-0.15, -0.1) is 24.0 Å². The quantitative estimate of drug-likeness (QED) is 0.250. The predicted octanol–water partition coefficient (Wildman–Crippen LogP) is 4.25. The fourth-order valence-electron chi connectivity index (χ4n) is 2.98. The second-order valence-electron chi connectivity index (χ2n) is 8.11. The number of methoxy groups -OCH3 is 2. The first-order chi connectivity index (χ1) is 15.3. The van der Waals surface area contributed by atoms with Crippen molar-refractivity contribution in [1.29, 1.82) is 0 Å². The Balaban J connectivity index is 0.00000544. The number of amides is 1. The van der Waals surface area contributed by atoms with Crippen LogP contribution in [-0.4, -0.2) is 45.5 Å². The van der Waals surface area contributed by atoms with Crippen molar-refractivity contribution in [1.82, 2.24) is 16.0 Å². The Hall–Kier alpha value is -2.69. The Morgan fingerprint density at radius 2 is 1.67 bits per heavy atom. The fraction of sp³-hybridized carbons (Fsp3) is 0.417. The summed E-state index contributed by atoms with van der Waals surface area (Å²) in [5.41, 5.74) is 1.40. The molecule has 0 aromatic heterocycles. The van der Waals surface area contributed by atoms with Crippen molar-refractivity contribution in [3.8, 4) is 11.5 Å². The van der Waals surface area contributed by atoms with Crippen LogP contribution in [0.25, 0.3) is 0 Å². The van der Waals surface area contributed by atoms with Crippen molar-refractivity contribution < 1.29 is 19.0 Å². The van der Waals surface area contributed by atoms with Gasteiger partial charge in [0.05, 0.1) is 20.3 Å². The smallest absolute Gasteiger partial charge is 0.408 e. The Morgan fingerprint density at radius 1 is 1.00 bits per heavy atom. The number of ether oxygens (including phenoxy) is 3. The van der Waals surface area contributed by atoms with Crippen molar-refractivity contribution in [2.75, 3.05) is 27.8 Å². The van der Waals surface area contributed by atoms with Crippen LogP contribution in [0.3, 0.4) is 0 Å². The molecular formula is C24H35IN4O4. The van der Waals surface area contributed by atoms with Gasteiger partial charge in [-0.25, -0.2) is 4.79 Å². The summed E-state index contributed by atoms with van der Waals surface area (Å²) in [7, 11) is 4.91. The van der Waals surface area contributed by atoms with Gasteiger partial charge in [-0.1, -0.05) is 36.4 Å². The van der Waals surface area contributed by atoms with Gasteiger partial charge in [-0.05, 0) is 44.0 Å². The number of halogens is 1. The molecule has 0 heterocycles. The third-order valence-corrected chi connectivity index (χ3v) is 4.50. The molecule has 2 rings (SSSR count). The molecule has 9 heteroatoms. The van der Waals surface area contributed by atoms with E-state index >= 15 is 0 Å². The van der Waals surface area contributed by atoms with Crippen molar-refractivity contribution in [3.05, 3.63) is 59.7 Å². The first-order valence-electron chi connectivity index (χ1n) is 10.5. The minimum atomic E-state index is -0.574. The van der Waals surface area contributed by atoms with E-state index in [0.717, 1.165) is 11.1 Å². The van der Waals surface area contributed by atoms with Crippen LogP contribution in [0.15, 0.2) is 53.5 Å². The van der Waals surface area contributed by atoms with Gasteiger partial charge in [0, 0.05) is 20.1 Å². The number of rotatable bonds is 8. The lowest BCUT2D eigenvalue weighted by molar-refractivity contribution is 0.0504. The van der Waals surface area contributed by atoms with E-state index in [1.54, 1.807) is 21.3 Å². The maximum Gasteiger partial charge on any atom is 0.408 e. The zero-order valence-electron chi connectivity index (χ0n) is 20.1. The predicted molar refractivity (Wildman–Crippen MR) is 142 cm³/mol. The van der Waals surface area contributed by atoms with Crippen LogP contribution in [0.5, 0.6) is 11.5 Å². The number of guanidine groups is 1. The Bertz CT molecular complexity index is 901. The monoisotopic (exact) mass is 570 g/mol. The first kappa shape index (κ1) is 28.3. The number of alkyl carbamates (subject to hydrolysis) is 1. The molecule has 0 spiro atoms. The molecule has 0 aliphatic heterocycles. The minimum Gasteiger partial charge on any atom is -0.493 e. The third-order valence-electron chi connectivity index (χ3n) is 4.50. The molecule has 8 nitrogen and oxygen atoms in total. The highest BCUT2D eigenvalue weighted by Gasteiger charge is 2.20. The zero-order chi connectivity index (χ0) is 23.6. The average Bonchev–Trinajstić information content (AvgIpc) is 2.77. The summed E-state index contributed by atoms with van der Waals surface area (Å²) in [6, 6.07) is 15.2. The van der Waals surface area contributed by atoms with Crippen LogP contribution in [0.4, 0.5) is 4.79 Å². The van der Waals surface area contributed by atoms with Gasteiger partial charge in [0.1, 0.15) is 5.60 Å². The molecule has 182 valence electrons. The van der Waals surface area contributed by atoms with E-state index in [9.17, 15) is 4.79 Å². The molecule has 3 N–H and O–H groups in total. The molecule has 1 amide bonds. The standard InChI is InChI=1S/C24H34N4O4.HI/c1-24(2,3)32-23(29)28-19(18-10-8-7-9-11-18)16-27-22(25-4)26-15-17-12-13-20(30-5)21(14-17)31-6;/h7-14,19H,15-16H2,1-6H3,(H,28,29)(H2,25,26,27);1H. The lowest BCUT2D eigenvalue weighted by Gasteiger charge is -2.25. The van der Waals surface area contributed by atoms with Gasteiger partial charge < -0.3 is 30.2 Å². The van der Waals surface area contributed by atoms with Gasteiger partial charge in [0.25, 0.3) is 0 Å². The Labute approximate surface area is 213 Å². The molecule has 2 aromatic rings. The van der Waals surface area contributed by atoms with Gasteiger partial charge in [0.2, 0.25) is 0 Å². The van der Waals surface area contributed by atoms with E-state index in [1.807, 2.05) is 69.3 Å². The molecular weight excluding hydrogens is 535 g/mol. The second kappa shape index (κ2) is 13.8. The summed E-state index contributed by atoms with van der Waals surface area (Å²) < 4.78 is 16.1. The summed E-state index contributed by atoms with van der Waals surface area (Å²) in [5, 5.41) is 9.48. The van der Waals surface area contributed by atoms with Crippen LogP contribution in [0.2, 0.25) is 0 Å². The molecule has 33 heavy (non-hydrogen) atoms. The topological polar surface area (TPSA) is 93.2 Å². The number of hydrogen-bond donors (Lipinski definition) is 3. The van der Waals surface area contributed by atoms with Gasteiger partial charge >= 0.3 is 6.09 Å². The summed E-state index contributed by atoms with van der Waals surface area (Å²) in [6.07, 6.45) is -0.471. The van der Waals surface area contributed by atoms with Crippen molar-refractivity contribution >= 4 is 36.0 Å². The lowest BCUT2D eigenvalue weighted by Crippen LogP contribution is -2.44. The number of carbonyl (C=O) groups is 1. The zero-order valence-corrected chi connectivity index (χ0v) is 22.4. The highest BCUT2D eigenvalue weighted by Crippen LogP contribution is 2.27. The number of nitrogens with one attached hydrogen (secondary N) is 3. The third kappa shape index (κ3) is 9.77. The molecule has 1 unspecified atom stereocenters. The molecule has 1 atom stereocenters. The highest BCUT2D eigenvalue weighted by molar-refractivity contribution is 14.0. The van der Waals surface area contributed by atoms with E-state index in [1.165, 1.54) is 0 Å². The van der Waals surface area contributed by atoms with Gasteiger partial charge in [-0.3, -0.25) is 4.99 Å². The summed E-state index contributed by atoms with van der Waals surface area (Å²) in [4.78, 5) is 16.6. The van der Waals surface area contributed by atoms with E-state index in [4.69, 9.17) is 14.2 Å². The van der Waals surface area contributed by atoms with Crippen LogP contribution in [0.1, 0.15) is 37.9 Å². The molecule has 0 fully saturated rings. The fourth-order valence-corrected chi connectivity index (χ4v) is 2.98. The molecule has 0 saturated carbocycles. The van der Waals surface area contributed by atoms with E-state index in [-0.39, 0.29) is 30.0 Å². The van der Waals surface area contributed by atoms with Crippen LogP contribution in [-0.2, 0) is 11.3 Å². The molecule has 2 aromatic carbocycles. The summed E-state index contributed by atoms with van der Waals surface area (Å²) in [5.74, 6) is 1.95.